The summed E-state index contributed by atoms with van der Waals surface area (Å²) < 4.78 is 11.8. The van der Waals surface area contributed by atoms with Gasteiger partial charge in [-0.2, -0.15) is 0 Å². The highest BCUT2D eigenvalue weighted by Crippen LogP contribution is 2.44. The Kier molecular flexibility index (Phi) is 8.37. The van der Waals surface area contributed by atoms with E-state index in [1.807, 2.05) is 0 Å². The fourth-order valence-electron chi connectivity index (χ4n) is 9.49. The molecule has 0 fully saturated rings. The van der Waals surface area contributed by atoms with Gasteiger partial charge in [0.2, 0.25) is 0 Å². The minimum Gasteiger partial charge on any atom is -0.455 e. The Hall–Kier alpha value is -6.98. The average Bonchev–Trinajstić information content (AvgIpc) is 3.95. The summed E-state index contributed by atoms with van der Waals surface area (Å²) in [5.41, 5.74) is 13.6. The van der Waals surface area contributed by atoms with E-state index in [-0.39, 0.29) is 17.3 Å². The predicted octanol–water partition coefficient (Wildman–Crippen LogP) is 15.4. The molecule has 0 saturated heterocycles. The molecule has 5 nitrogen and oxygen atoms in total. The van der Waals surface area contributed by atoms with Gasteiger partial charge in [0.1, 0.15) is 22.8 Å². The number of benzene rings is 8. The molecule has 0 N–H and O–H groups in total. The Balaban J connectivity index is 1.26. The third-order valence-electron chi connectivity index (χ3n) is 12.5. The molecule has 0 amide bonds. The summed E-state index contributed by atoms with van der Waals surface area (Å²) in [5.74, 6) is 2.30. The lowest BCUT2D eigenvalue weighted by molar-refractivity contribution is 0.539. The monoisotopic (exact) mass is 792 g/mol. The zero-order valence-corrected chi connectivity index (χ0v) is 35.8. The number of furan rings is 1. The zero-order chi connectivity index (χ0) is 41.7. The molecule has 0 atom stereocenters. The second-order valence-electron chi connectivity index (χ2n) is 18.3. The molecule has 3 aromatic heterocycles. The van der Waals surface area contributed by atoms with Crippen molar-refractivity contribution in [2.24, 2.45) is 0 Å². The Morgan fingerprint density at radius 1 is 0.508 bits per heavy atom. The average molecular weight is 793 g/mol. The molecule has 11 aromatic rings. The highest BCUT2D eigenvalue weighted by Gasteiger charge is 2.29. The van der Waals surface area contributed by atoms with Gasteiger partial charge in [-0.3, -0.25) is 9.13 Å². The molecular weight excluding hydrogens is 745 g/mol. The molecule has 0 saturated carbocycles. The van der Waals surface area contributed by atoms with Crippen LogP contribution < -0.4 is 0 Å². The first kappa shape index (κ1) is 37.1. The SMILES string of the molecule is CC(C)c1cc(-c2ccccc2)cc(C(C)C)c1-n1c(-c2cccc3c2oc2cc4c(ccc5ccccc54)cc23)nc2cc3nc(C(C)(C)C)n(-c4ccccc4)c3cc21. The van der Waals surface area contributed by atoms with Gasteiger partial charge in [-0.15, -0.1) is 0 Å². The first-order valence-electron chi connectivity index (χ1n) is 21.5. The van der Waals surface area contributed by atoms with Crippen molar-refractivity contribution in [2.75, 3.05) is 0 Å². The van der Waals surface area contributed by atoms with Gasteiger partial charge in [0, 0.05) is 21.9 Å². The molecule has 61 heavy (non-hydrogen) atoms. The molecule has 11 rings (SSSR count). The molecule has 0 spiro atoms. The fraction of sp³-hybridized carbons (Fsp3) is 0.179. The summed E-state index contributed by atoms with van der Waals surface area (Å²) in [7, 11) is 0. The number of nitrogens with zero attached hydrogens (tertiary/aromatic N) is 4. The largest absolute Gasteiger partial charge is 0.455 e. The van der Waals surface area contributed by atoms with Crippen molar-refractivity contribution < 1.29 is 4.42 Å². The normalized spacial score (nSPS) is 12.5. The van der Waals surface area contributed by atoms with Crippen molar-refractivity contribution in [3.63, 3.8) is 0 Å². The van der Waals surface area contributed by atoms with Gasteiger partial charge in [-0.05, 0) is 110 Å². The van der Waals surface area contributed by atoms with Crippen molar-refractivity contribution in [3.8, 4) is 33.9 Å². The molecule has 8 aromatic carbocycles. The van der Waals surface area contributed by atoms with Gasteiger partial charge in [-0.25, -0.2) is 9.97 Å². The molecule has 0 aliphatic rings. The van der Waals surface area contributed by atoms with Crippen LogP contribution in [0.3, 0.4) is 0 Å². The van der Waals surface area contributed by atoms with E-state index in [2.05, 4.69) is 209 Å². The molecule has 3 heterocycles. The lowest BCUT2D eigenvalue weighted by Gasteiger charge is -2.24. The Morgan fingerprint density at radius 2 is 1.15 bits per heavy atom. The van der Waals surface area contributed by atoms with Crippen LogP contribution in [0, 0.1) is 0 Å². The first-order chi connectivity index (χ1) is 29.5. The van der Waals surface area contributed by atoms with Crippen molar-refractivity contribution in [2.45, 2.75) is 65.7 Å². The third-order valence-corrected chi connectivity index (χ3v) is 12.5. The van der Waals surface area contributed by atoms with Crippen molar-refractivity contribution in [3.05, 3.63) is 169 Å². The van der Waals surface area contributed by atoms with E-state index >= 15 is 0 Å². The van der Waals surface area contributed by atoms with Gasteiger partial charge < -0.3 is 4.42 Å². The maximum absolute atomic E-state index is 7.04. The topological polar surface area (TPSA) is 48.8 Å². The summed E-state index contributed by atoms with van der Waals surface area (Å²) in [6, 6.07) is 54.8. The smallest absolute Gasteiger partial charge is 0.149 e. The van der Waals surface area contributed by atoms with Gasteiger partial charge >= 0.3 is 0 Å². The Labute approximate surface area is 355 Å². The molecule has 0 bridgehead atoms. The van der Waals surface area contributed by atoms with E-state index in [1.54, 1.807) is 0 Å². The highest BCUT2D eigenvalue weighted by atomic mass is 16.3. The van der Waals surface area contributed by atoms with Crippen LogP contribution in [0.4, 0.5) is 0 Å². The van der Waals surface area contributed by atoms with Crippen LogP contribution in [-0.4, -0.2) is 19.1 Å². The number of hydrogen-bond donors (Lipinski definition) is 0. The second-order valence-corrected chi connectivity index (χ2v) is 18.3. The number of hydrogen-bond acceptors (Lipinski definition) is 3. The van der Waals surface area contributed by atoms with Crippen molar-refractivity contribution >= 4 is 65.6 Å². The summed E-state index contributed by atoms with van der Waals surface area (Å²) in [4.78, 5) is 11.0. The van der Waals surface area contributed by atoms with E-state index < -0.39 is 0 Å². The molecular formula is C56H48N4O. The van der Waals surface area contributed by atoms with Crippen molar-refractivity contribution in [1.82, 2.24) is 19.1 Å². The summed E-state index contributed by atoms with van der Waals surface area (Å²) in [6.07, 6.45) is 0. The van der Waals surface area contributed by atoms with Crippen LogP contribution in [0.5, 0.6) is 0 Å². The van der Waals surface area contributed by atoms with Gasteiger partial charge in [0.05, 0.1) is 33.3 Å². The number of imidazole rings is 2. The molecule has 0 radical (unpaired) electrons. The molecule has 0 unspecified atom stereocenters. The summed E-state index contributed by atoms with van der Waals surface area (Å²) in [5, 5.41) is 7.00. The van der Waals surface area contributed by atoms with E-state index in [9.17, 15) is 0 Å². The Bertz CT molecular complexity index is 3480. The maximum atomic E-state index is 7.04. The maximum Gasteiger partial charge on any atom is 0.149 e. The highest BCUT2D eigenvalue weighted by molar-refractivity contribution is 6.17. The standard InChI is InChI=1S/C56H48N4O/c1-33(2)43-28-38(35-17-10-8-11-18-35)29-44(34(3)4)52(43)60-50-32-49-48(58-55(56(5,6)7)59(49)39-20-12-9-13-21-39)31-47(50)57-54(60)42-24-16-23-41-46-27-37-26-25-36-19-14-15-22-40(36)45(37)30-51(46)61-53(41)42/h8-34H,1-7H3. The van der Waals surface area contributed by atoms with E-state index in [4.69, 9.17) is 14.4 Å². The summed E-state index contributed by atoms with van der Waals surface area (Å²) >= 11 is 0. The number of para-hydroxylation sites is 2. The van der Waals surface area contributed by atoms with Crippen LogP contribution in [0.15, 0.2) is 156 Å². The van der Waals surface area contributed by atoms with Crippen LogP contribution >= 0.6 is 0 Å². The van der Waals surface area contributed by atoms with Gasteiger partial charge in [0.15, 0.2) is 0 Å². The van der Waals surface area contributed by atoms with E-state index in [1.165, 1.54) is 49.5 Å². The third kappa shape index (κ3) is 5.89. The van der Waals surface area contributed by atoms with E-state index in [0.29, 0.717) is 0 Å². The van der Waals surface area contributed by atoms with Gasteiger partial charge in [-0.1, -0.05) is 146 Å². The second kappa shape index (κ2) is 13.8. The zero-order valence-electron chi connectivity index (χ0n) is 35.8. The number of aromatic nitrogens is 4. The summed E-state index contributed by atoms with van der Waals surface area (Å²) in [6.45, 7) is 15.9. The van der Waals surface area contributed by atoms with Crippen LogP contribution in [-0.2, 0) is 5.41 Å². The van der Waals surface area contributed by atoms with E-state index in [0.717, 1.165) is 66.9 Å². The van der Waals surface area contributed by atoms with Crippen LogP contribution in [0.1, 0.15) is 77.3 Å². The molecule has 5 heteroatoms. The number of rotatable bonds is 6. The van der Waals surface area contributed by atoms with Gasteiger partial charge in [0.25, 0.3) is 0 Å². The van der Waals surface area contributed by atoms with Crippen molar-refractivity contribution in [1.29, 1.82) is 0 Å². The quantitative estimate of drug-likeness (QED) is 0.158. The molecule has 0 aliphatic heterocycles. The minimum atomic E-state index is -0.204. The molecule has 298 valence electrons. The first-order valence-corrected chi connectivity index (χ1v) is 21.5. The van der Waals surface area contributed by atoms with Crippen LogP contribution in [0.2, 0.25) is 0 Å². The number of fused-ring (bicyclic) bond motifs is 8. The predicted molar refractivity (Wildman–Crippen MR) is 256 cm³/mol. The lowest BCUT2D eigenvalue weighted by Crippen LogP contribution is -2.18. The van der Waals surface area contributed by atoms with Crippen LogP contribution in [0.25, 0.3) is 99.4 Å². The lowest BCUT2D eigenvalue weighted by atomic mass is 9.88. The fourth-order valence-corrected chi connectivity index (χ4v) is 9.49. The Morgan fingerprint density at radius 3 is 1.87 bits per heavy atom. The minimum absolute atomic E-state index is 0.204. The molecule has 0 aliphatic carbocycles.